The predicted octanol–water partition coefficient (Wildman–Crippen LogP) is 4.37. The fourth-order valence-electron chi connectivity index (χ4n) is 3.27. The molecule has 3 rings (SSSR count). The van der Waals surface area contributed by atoms with Crippen LogP contribution in [-0.4, -0.2) is 43.3 Å². The van der Waals surface area contributed by atoms with E-state index in [-0.39, 0.29) is 6.61 Å². The van der Waals surface area contributed by atoms with Gasteiger partial charge in [0.15, 0.2) is 0 Å². The third-order valence-electron chi connectivity index (χ3n) is 4.99. The summed E-state index contributed by atoms with van der Waals surface area (Å²) in [6, 6.07) is 29.4. The van der Waals surface area contributed by atoms with Gasteiger partial charge in [-0.05, 0) is 16.7 Å². The first kappa shape index (κ1) is 24.6. The second-order valence-electron chi connectivity index (χ2n) is 7.53. The van der Waals surface area contributed by atoms with Gasteiger partial charge in [0.05, 0.1) is 32.6 Å². The molecule has 6 nitrogen and oxygen atoms in total. The van der Waals surface area contributed by atoms with E-state index in [9.17, 15) is 5.11 Å². The molecule has 0 spiro atoms. The number of oxime groups is 1. The summed E-state index contributed by atoms with van der Waals surface area (Å²) in [5.41, 5.74) is 3.03. The van der Waals surface area contributed by atoms with Crippen molar-refractivity contribution in [3.63, 3.8) is 0 Å². The highest BCUT2D eigenvalue weighted by atomic mass is 16.6. The molecular weight excluding hydrogens is 418 g/mol. The first-order valence-corrected chi connectivity index (χ1v) is 10.9. The molecule has 174 valence electrons. The normalized spacial score (nSPS) is 14.1. The van der Waals surface area contributed by atoms with Crippen LogP contribution in [0.25, 0.3) is 0 Å². The minimum absolute atomic E-state index is 0.0837. The van der Waals surface area contributed by atoms with Crippen molar-refractivity contribution in [1.29, 1.82) is 0 Å². The monoisotopic (exact) mass is 449 g/mol. The highest BCUT2D eigenvalue weighted by molar-refractivity contribution is 5.63. The van der Waals surface area contributed by atoms with Crippen LogP contribution in [-0.2, 0) is 38.9 Å². The topological polar surface area (TPSA) is 69.5 Å². The van der Waals surface area contributed by atoms with Crippen LogP contribution in [0.15, 0.2) is 96.2 Å². The molecule has 0 aromatic heterocycles. The molecule has 3 atom stereocenters. The Morgan fingerprint density at radius 1 is 0.727 bits per heavy atom. The van der Waals surface area contributed by atoms with Gasteiger partial charge in [-0.15, -0.1) is 0 Å². The predicted molar refractivity (Wildman–Crippen MR) is 128 cm³/mol. The van der Waals surface area contributed by atoms with Crippen molar-refractivity contribution in [2.75, 3.05) is 13.7 Å². The van der Waals surface area contributed by atoms with Gasteiger partial charge in [-0.2, -0.15) is 0 Å². The van der Waals surface area contributed by atoms with Gasteiger partial charge in [-0.25, -0.2) is 0 Å². The third kappa shape index (κ3) is 8.79. The minimum atomic E-state index is -0.943. The fourth-order valence-corrected chi connectivity index (χ4v) is 3.27. The van der Waals surface area contributed by atoms with Crippen LogP contribution < -0.4 is 0 Å². The Labute approximate surface area is 195 Å². The van der Waals surface area contributed by atoms with Gasteiger partial charge < -0.3 is 24.2 Å². The molecule has 0 aliphatic heterocycles. The van der Waals surface area contributed by atoms with E-state index in [2.05, 4.69) is 5.16 Å². The average Bonchev–Trinajstić information content (AvgIpc) is 2.87. The van der Waals surface area contributed by atoms with E-state index in [0.717, 1.165) is 16.7 Å². The molecule has 6 heteroatoms. The molecule has 0 aliphatic carbocycles. The highest BCUT2D eigenvalue weighted by Gasteiger charge is 2.30. The first-order chi connectivity index (χ1) is 16.3. The largest absolute Gasteiger partial charge is 0.399 e. The number of nitrogens with zero attached hydrogens (tertiary/aromatic N) is 1. The molecule has 0 saturated heterocycles. The number of aliphatic hydroxyl groups is 1. The van der Waals surface area contributed by atoms with E-state index >= 15 is 0 Å². The Balaban J connectivity index is 1.68. The molecule has 0 bridgehead atoms. The van der Waals surface area contributed by atoms with E-state index in [0.29, 0.717) is 19.8 Å². The summed E-state index contributed by atoms with van der Waals surface area (Å²) in [5, 5.41) is 14.9. The Kier molecular flexibility index (Phi) is 10.6. The first-order valence-electron chi connectivity index (χ1n) is 10.9. The molecule has 0 saturated carbocycles. The Bertz CT molecular complexity index is 921. The lowest BCUT2D eigenvalue weighted by atomic mass is 10.1. The third-order valence-corrected chi connectivity index (χ3v) is 4.99. The van der Waals surface area contributed by atoms with Crippen molar-refractivity contribution in [3.8, 4) is 0 Å². The zero-order valence-electron chi connectivity index (χ0n) is 18.8. The highest BCUT2D eigenvalue weighted by Crippen LogP contribution is 2.15. The van der Waals surface area contributed by atoms with Gasteiger partial charge in [-0.3, -0.25) is 0 Å². The van der Waals surface area contributed by atoms with Crippen LogP contribution in [0.3, 0.4) is 0 Å². The smallest absolute Gasteiger partial charge is 0.125 e. The zero-order valence-corrected chi connectivity index (χ0v) is 18.8. The van der Waals surface area contributed by atoms with Crippen LogP contribution in [0, 0.1) is 0 Å². The molecule has 0 unspecified atom stereocenters. The molecule has 0 amide bonds. The molecule has 3 aromatic carbocycles. The second kappa shape index (κ2) is 14.2. The molecule has 0 heterocycles. The summed E-state index contributed by atoms with van der Waals surface area (Å²) in [4.78, 5) is 4.88. The lowest BCUT2D eigenvalue weighted by Crippen LogP contribution is -2.44. The molecule has 3 aromatic rings. The quantitative estimate of drug-likeness (QED) is 0.292. The Morgan fingerprint density at radius 3 is 1.73 bits per heavy atom. The Hall–Kier alpha value is -3.03. The molecular formula is C27H31NO5. The van der Waals surface area contributed by atoms with E-state index < -0.39 is 18.3 Å². The van der Waals surface area contributed by atoms with Crippen LogP contribution in [0.2, 0.25) is 0 Å². The maximum absolute atomic E-state index is 11.0. The molecule has 33 heavy (non-hydrogen) atoms. The van der Waals surface area contributed by atoms with Gasteiger partial charge in [-0.1, -0.05) is 96.2 Å². The summed E-state index contributed by atoms with van der Waals surface area (Å²) in [7, 11) is 1.46. The minimum Gasteiger partial charge on any atom is -0.399 e. The standard InChI is InChI=1S/C27H31NO5/c1-30-28-17-26(32-19-23-13-7-3-8-14-23)27(33-20-24-15-9-4-10-16-24)25(29)21-31-18-22-11-5-2-6-12-22/h2-17,25-27,29H,18-21H2,1H3/b28-17+/t25-,26-,27-/m1/s1. The van der Waals surface area contributed by atoms with Crippen LogP contribution >= 0.6 is 0 Å². The van der Waals surface area contributed by atoms with Crippen LogP contribution in [0.5, 0.6) is 0 Å². The lowest BCUT2D eigenvalue weighted by molar-refractivity contribution is -0.127. The zero-order chi connectivity index (χ0) is 23.1. The Morgan fingerprint density at radius 2 is 1.21 bits per heavy atom. The summed E-state index contributed by atoms with van der Waals surface area (Å²) in [5.74, 6) is 0. The second-order valence-corrected chi connectivity index (χ2v) is 7.53. The number of ether oxygens (including phenoxy) is 3. The van der Waals surface area contributed by atoms with Gasteiger partial charge in [0.1, 0.15) is 25.4 Å². The van der Waals surface area contributed by atoms with Crippen molar-refractivity contribution in [1.82, 2.24) is 0 Å². The number of benzene rings is 3. The van der Waals surface area contributed by atoms with E-state index in [1.54, 1.807) is 0 Å². The maximum Gasteiger partial charge on any atom is 0.125 e. The van der Waals surface area contributed by atoms with Gasteiger partial charge in [0, 0.05) is 0 Å². The van der Waals surface area contributed by atoms with E-state index in [1.807, 2.05) is 91.0 Å². The van der Waals surface area contributed by atoms with Crippen molar-refractivity contribution in [2.24, 2.45) is 5.16 Å². The molecule has 0 radical (unpaired) electrons. The van der Waals surface area contributed by atoms with Crippen molar-refractivity contribution < 1.29 is 24.2 Å². The van der Waals surface area contributed by atoms with Crippen molar-refractivity contribution in [3.05, 3.63) is 108 Å². The average molecular weight is 450 g/mol. The number of hydrogen-bond acceptors (Lipinski definition) is 6. The summed E-state index contributed by atoms with van der Waals surface area (Å²) < 4.78 is 18.0. The van der Waals surface area contributed by atoms with E-state index in [1.165, 1.54) is 13.3 Å². The number of hydrogen-bond donors (Lipinski definition) is 1. The van der Waals surface area contributed by atoms with E-state index in [4.69, 9.17) is 19.0 Å². The SMILES string of the molecule is CO/N=C/[C@@H](OCc1ccccc1)[C@H](OCc1ccccc1)[C@H](O)COCc1ccccc1. The molecule has 0 aliphatic rings. The summed E-state index contributed by atoms with van der Waals surface area (Å²) >= 11 is 0. The summed E-state index contributed by atoms with van der Waals surface area (Å²) in [6.45, 7) is 1.13. The fraction of sp³-hybridized carbons (Fsp3) is 0.296. The van der Waals surface area contributed by atoms with Crippen LogP contribution in [0.4, 0.5) is 0 Å². The van der Waals surface area contributed by atoms with Gasteiger partial charge >= 0.3 is 0 Å². The number of aliphatic hydroxyl groups excluding tert-OH is 1. The number of rotatable bonds is 14. The molecule has 0 fully saturated rings. The van der Waals surface area contributed by atoms with Crippen LogP contribution in [0.1, 0.15) is 16.7 Å². The van der Waals surface area contributed by atoms with Gasteiger partial charge in [0.25, 0.3) is 0 Å². The lowest BCUT2D eigenvalue weighted by Gasteiger charge is -2.29. The van der Waals surface area contributed by atoms with Gasteiger partial charge in [0.2, 0.25) is 0 Å². The molecule has 1 N–H and O–H groups in total. The van der Waals surface area contributed by atoms with Crippen molar-refractivity contribution >= 4 is 6.21 Å². The van der Waals surface area contributed by atoms with Crippen molar-refractivity contribution in [2.45, 2.75) is 38.1 Å². The maximum atomic E-state index is 11.0. The summed E-state index contributed by atoms with van der Waals surface area (Å²) in [6.07, 6.45) is -0.798.